The number of thioether (sulfide) groups is 1. The van der Waals surface area contributed by atoms with Crippen molar-refractivity contribution in [3.63, 3.8) is 0 Å². The van der Waals surface area contributed by atoms with Gasteiger partial charge in [-0.2, -0.15) is 11.8 Å². The molecule has 0 aliphatic carbocycles. The van der Waals surface area contributed by atoms with Gasteiger partial charge in [0.15, 0.2) is 0 Å². The quantitative estimate of drug-likeness (QED) is 0.704. The highest BCUT2D eigenvalue weighted by molar-refractivity contribution is 8.00. The molecular weight excluding hydrogens is 154 g/mol. The molecule has 0 saturated heterocycles. The van der Waals surface area contributed by atoms with Crippen molar-refractivity contribution >= 4 is 11.8 Å². The summed E-state index contributed by atoms with van der Waals surface area (Å²) in [6.45, 7) is 9.02. The van der Waals surface area contributed by atoms with E-state index in [0.29, 0.717) is 10.8 Å². The molecule has 1 unspecified atom stereocenters. The number of rotatable bonds is 4. The molecule has 11 heavy (non-hydrogen) atoms. The maximum absolute atomic E-state index is 3.30. The molecule has 1 atom stereocenters. The number of hydrogen-bond donors (Lipinski definition) is 1. The van der Waals surface area contributed by atoms with Gasteiger partial charge in [-0.25, -0.2) is 0 Å². The lowest BCUT2D eigenvalue weighted by Gasteiger charge is -2.21. The van der Waals surface area contributed by atoms with E-state index in [0.717, 1.165) is 0 Å². The predicted molar refractivity (Wildman–Crippen MR) is 55.3 cm³/mol. The minimum absolute atomic E-state index is 0.407. The fraction of sp³-hybridized carbons (Fsp3) is 1.00. The Balaban J connectivity index is 3.51. The van der Waals surface area contributed by atoms with E-state index in [4.69, 9.17) is 0 Å². The van der Waals surface area contributed by atoms with Crippen LogP contribution < -0.4 is 5.32 Å². The Bertz CT molecular complexity index is 92.2. The second-order valence-electron chi connectivity index (χ2n) is 3.82. The minimum Gasteiger partial charge on any atom is -0.316 e. The molecule has 0 fully saturated rings. The van der Waals surface area contributed by atoms with Crippen molar-refractivity contribution in [3.05, 3.63) is 0 Å². The summed E-state index contributed by atoms with van der Waals surface area (Å²) in [5.74, 6) is 1.22. The van der Waals surface area contributed by atoms with E-state index in [-0.39, 0.29) is 0 Å². The molecule has 0 rings (SSSR count). The SMILES string of the molecule is CCC(CSC(C)(C)C)NC. The second kappa shape index (κ2) is 5.04. The van der Waals surface area contributed by atoms with Crippen LogP contribution in [0.25, 0.3) is 0 Å². The zero-order valence-corrected chi connectivity index (χ0v) is 9.22. The van der Waals surface area contributed by atoms with E-state index in [1.54, 1.807) is 0 Å². The van der Waals surface area contributed by atoms with Crippen molar-refractivity contribution in [2.24, 2.45) is 0 Å². The van der Waals surface area contributed by atoms with E-state index >= 15 is 0 Å². The molecule has 1 N–H and O–H groups in total. The molecular formula is C9H21NS. The van der Waals surface area contributed by atoms with Crippen LogP contribution in [0.3, 0.4) is 0 Å². The lowest BCUT2D eigenvalue weighted by atomic mass is 10.2. The zero-order valence-electron chi connectivity index (χ0n) is 8.40. The Kier molecular flexibility index (Phi) is 5.19. The first-order valence-corrected chi connectivity index (χ1v) is 5.29. The lowest BCUT2D eigenvalue weighted by Crippen LogP contribution is -2.28. The van der Waals surface area contributed by atoms with Gasteiger partial charge in [0.25, 0.3) is 0 Å². The maximum atomic E-state index is 3.30. The van der Waals surface area contributed by atoms with Gasteiger partial charge in [-0.05, 0) is 13.5 Å². The molecule has 0 spiro atoms. The van der Waals surface area contributed by atoms with Crippen molar-refractivity contribution in [1.29, 1.82) is 0 Å². The molecule has 0 radical (unpaired) electrons. The summed E-state index contributed by atoms with van der Waals surface area (Å²) in [4.78, 5) is 0. The normalized spacial score (nSPS) is 15.0. The second-order valence-corrected chi connectivity index (χ2v) is 5.66. The topological polar surface area (TPSA) is 12.0 Å². The van der Waals surface area contributed by atoms with Crippen molar-refractivity contribution < 1.29 is 0 Å². The molecule has 0 heterocycles. The Labute approximate surface area is 75.3 Å². The third-order valence-corrected chi connectivity index (χ3v) is 3.05. The van der Waals surface area contributed by atoms with Crippen LogP contribution in [0.5, 0.6) is 0 Å². The van der Waals surface area contributed by atoms with Gasteiger partial charge < -0.3 is 5.32 Å². The fourth-order valence-corrected chi connectivity index (χ4v) is 1.86. The maximum Gasteiger partial charge on any atom is 0.0152 e. The highest BCUT2D eigenvalue weighted by Crippen LogP contribution is 2.23. The Hall–Kier alpha value is 0.310. The minimum atomic E-state index is 0.407. The summed E-state index contributed by atoms with van der Waals surface area (Å²) in [6, 6.07) is 0.680. The first-order chi connectivity index (χ1) is 4.99. The summed E-state index contributed by atoms with van der Waals surface area (Å²) in [7, 11) is 2.04. The smallest absolute Gasteiger partial charge is 0.0152 e. The number of hydrogen-bond acceptors (Lipinski definition) is 2. The monoisotopic (exact) mass is 175 g/mol. The van der Waals surface area contributed by atoms with Gasteiger partial charge in [0, 0.05) is 16.5 Å². The summed E-state index contributed by atoms with van der Waals surface area (Å²) < 4.78 is 0.407. The average molecular weight is 175 g/mol. The Morgan fingerprint density at radius 1 is 1.36 bits per heavy atom. The van der Waals surface area contributed by atoms with Crippen LogP contribution in [0, 0.1) is 0 Å². The van der Waals surface area contributed by atoms with Crippen molar-refractivity contribution in [2.45, 2.75) is 44.9 Å². The zero-order chi connectivity index (χ0) is 8.91. The van der Waals surface area contributed by atoms with E-state index in [2.05, 4.69) is 33.0 Å². The Morgan fingerprint density at radius 3 is 2.18 bits per heavy atom. The van der Waals surface area contributed by atoms with Crippen LogP contribution in [0.15, 0.2) is 0 Å². The molecule has 0 aromatic rings. The van der Waals surface area contributed by atoms with Crippen molar-refractivity contribution in [1.82, 2.24) is 5.32 Å². The van der Waals surface area contributed by atoms with Crippen LogP contribution in [-0.2, 0) is 0 Å². The van der Waals surface area contributed by atoms with Gasteiger partial charge in [0.2, 0.25) is 0 Å². The van der Waals surface area contributed by atoms with E-state index in [9.17, 15) is 0 Å². The van der Waals surface area contributed by atoms with Crippen molar-refractivity contribution in [2.75, 3.05) is 12.8 Å². The third-order valence-electron chi connectivity index (χ3n) is 1.62. The summed E-state index contributed by atoms with van der Waals surface area (Å²) in [6.07, 6.45) is 1.22. The highest BCUT2D eigenvalue weighted by Gasteiger charge is 2.12. The largest absolute Gasteiger partial charge is 0.316 e. The predicted octanol–water partition coefficient (Wildman–Crippen LogP) is 2.52. The van der Waals surface area contributed by atoms with Gasteiger partial charge in [0.05, 0.1) is 0 Å². The third kappa shape index (κ3) is 6.70. The standard InChI is InChI=1S/C9H21NS/c1-6-8(10-5)7-11-9(2,3)4/h8,10H,6-7H2,1-5H3. The molecule has 68 valence electrons. The average Bonchev–Trinajstić information content (AvgIpc) is 1.88. The summed E-state index contributed by atoms with van der Waals surface area (Å²) in [5, 5.41) is 3.30. The molecule has 0 aromatic carbocycles. The van der Waals surface area contributed by atoms with Crippen LogP contribution in [0.1, 0.15) is 34.1 Å². The summed E-state index contributed by atoms with van der Waals surface area (Å²) in [5.41, 5.74) is 0. The Morgan fingerprint density at radius 2 is 1.91 bits per heavy atom. The van der Waals surface area contributed by atoms with Crippen molar-refractivity contribution in [3.8, 4) is 0 Å². The van der Waals surface area contributed by atoms with E-state index in [1.165, 1.54) is 12.2 Å². The van der Waals surface area contributed by atoms with Crippen LogP contribution in [0.2, 0.25) is 0 Å². The number of nitrogens with one attached hydrogen (secondary N) is 1. The van der Waals surface area contributed by atoms with E-state index in [1.807, 2.05) is 18.8 Å². The molecule has 0 aliphatic heterocycles. The van der Waals surface area contributed by atoms with Gasteiger partial charge >= 0.3 is 0 Å². The van der Waals surface area contributed by atoms with Crippen LogP contribution in [-0.4, -0.2) is 23.6 Å². The fourth-order valence-electron chi connectivity index (χ4n) is 0.756. The molecule has 1 nitrogen and oxygen atoms in total. The highest BCUT2D eigenvalue weighted by atomic mass is 32.2. The van der Waals surface area contributed by atoms with Gasteiger partial charge in [-0.3, -0.25) is 0 Å². The van der Waals surface area contributed by atoms with Crippen LogP contribution >= 0.6 is 11.8 Å². The molecule has 0 saturated carbocycles. The molecule has 2 heteroatoms. The molecule has 0 amide bonds. The lowest BCUT2D eigenvalue weighted by molar-refractivity contribution is 0.599. The van der Waals surface area contributed by atoms with Gasteiger partial charge in [-0.15, -0.1) is 0 Å². The summed E-state index contributed by atoms with van der Waals surface area (Å²) >= 11 is 2.03. The van der Waals surface area contributed by atoms with E-state index < -0.39 is 0 Å². The first-order valence-electron chi connectivity index (χ1n) is 4.31. The molecule has 0 bridgehead atoms. The van der Waals surface area contributed by atoms with Gasteiger partial charge in [-0.1, -0.05) is 27.7 Å². The molecule has 0 aromatic heterocycles. The molecule has 0 aliphatic rings. The first kappa shape index (κ1) is 11.3. The van der Waals surface area contributed by atoms with Crippen LogP contribution in [0.4, 0.5) is 0 Å². The van der Waals surface area contributed by atoms with Gasteiger partial charge in [0.1, 0.15) is 0 Å².